The van der Waals surface area contributed by atoms with Crippen molar-refractivity contribution in [1.82, 2.24) is 5.16 Å². The predicted molar refractivity (Wildman–Crippen MR) is 89.2 cm³/mol. The van der Waals surface area contributed by atoms with Gasteiger partial charge in [-0.1, -0.05) is 16.8 Å². The van der Waals surface area contributed by atoms with Crippen LogP contribution in [0.2, 0.25) is 5.02 Å². The number of carbonyl (C=O) groups excluding carboxylic acids is 1. The fourth-order valence-electron chi connectivity index (χ4n) is 2.28. The van der Waals surface area contributed by atoms with E-state index < -0.39 is 15.6 Å². The van der Waals surface area contributed by atoms with Crippen molar-refractivity contribution < 1.29 is 17.7 Å². The molecule has 1 aliphatic carbocycles. The van der Waals surface area contributed by atoms with Crippen LogP contribution in [-0.4, -0.2) is 25.6 Å². The number of benzene rings is 1. The second kappa shape index (κ2) is 5.61. The Hall–Kier alpha value is -0.930. The maximum absolute atomic E-state index is 12.8. The van der Waals surface area contributed by atoms with Crippen LogP contribution in [0, 0.1) is 3.57 Å². The Bertz CT molecular complexity index is 871. The maximum Gasteiger partial charge on any atom is 0.199 e. The molecule has 1 aromatic heterocycles. The minimum atomic E-state index is -3.60. The highest BCUT2D eigenvalue weighted by Crippen LogP contribution is 2.42. The molecule has 0 spiro atoms. The van der Waals surface area contributed by atoms with E-state index in [1.807, 2.05) is 22.6 Å². The van der Waals surface area contributed by atoms with Crippen LogP contribution in [0.5, 0.6) is 0 Å². The third-order valence-corrected chi connectivity index (χ3v) is 6.74. The average Bonchev–Trinajstić information content (AvgIpc) is 3.17. The first-order chi connectivity index (χ1) is 10.3. The van der Waals surface area contributed by atoms with Crippen LogP contribution in [0.4, 0.5) is 0 Å². The van der Waals surface area contributed by atoms with E-state index in [1.54, 1.807) is 0 Å². The molecule has 8 heteroatoms. The largest absolute Gasteiger partial charge is 0.360 e. The molecule has 0 N–H and O–H groups in total. The predicted octanol–water partition coefficient (Wildman–Crippen LogP) is 3.44. The zero-order valence-corrected chi connectivity index (χ0v) is 15.2. The second-order valence-corrected chi connectivity index (χ2v) is 8.66. The van der Waals surface area contributed by atoms with Gasteiger partial charge in [-0.3, -0.25) is 4.79 Å². The van der Waals surface area contributed by atoms with E-state index in [0.29, 0.717) is 19.9 Å². The van der Waals surface area contributed by atoms with Crippen molar-refractivity contribution in [3.05, 3.63) is 43.8 Å². The van der Waals surface area contributed by atoms with Crippen LogP contribution in [-0.2, 0) is 9.84 Å². The highest BCUT2D eigenvalue weighted by Gasteiger charge is 2.34. The van der Waals surface area contributed by atoms with Crippen molar-refractivity contribution in [3.63, 3.8) is 0 Å². The van der Waals surface area contributed by atoms with Gasteiger partial charge in [0.2, 0.25) is 0 Å². The summed E-state index contributed by atoms with van der Waals surface area (Å²) in [6.45, 7) is 0. The summed E-state index contributed by atoms with van der Waals surface area (Å²) in [4.78, 5) is 12.7. The van der Waals surface area contributed by atoms with Gasteiger partial charge in [0.1, 0.15) is 0 Å². The van der Waals surface area contributed by atoms with Gasteiger partial charge in [-0.05, 0) is 47.6 Å². The first kappa shape index (κ1) is 15.9. The van der Waals surface area contributed by atoms with Gasteiger partial charge in [-0.25, -0.2) is 8.42 Å². The molecule has 1 aromatic carbocycles. The van der Waals surface area contributed by atoms with Crippen LogP contribution in [0.25, 0.3) is 0 Å². The van der Waals surface area contributed by atoms with E-state index in [2.05, 4.69) is 5.16 Å². The van der Waals surface area contributed by atoms with Gasteiger partial charge < -0.3 is 4.52 Å². The summed E-state index contributed by atoms with van der Waals surface area (Å²) in [6.07, 6.45) is 4.32. The monoisotopic (exact) mass is 451 g/mol. The molecular weight excluding hydrogens is 441 g/mol. The molecule has 1 heterocycles. The molecule has 2 aromatic rings. The lowest BCUT2D eigenvalue weighted by Gasteiger charge is -2.10. The summed E-state index contributed by atoms with van der Waals surface area (Å²) in [5.41, 5.74) is 0.423. The van der Waals surface area contributed by atoms with Crippen molar-refractivity contribution in [3.8, 4) is 0 Å². The number of aromatic nitrogens is 1. The van der Waals surface area contributed by atoms with Gasteiger partial charge in [0.15, 0.2) is 21.4 Å². The van der Waals surface area contributed by atoms with E-state index in [4.69, 9.17) is 16.1 Å². The van der Waals surface area contributed by atoms with Gasteiger partial charge in [-0.2, -0.15) is 0 Å². The molecule has 0 radical (unpaired) electrons. The van der Waals surface area contributed by atoms with Crippen molar-refractivity contribution >= 4 is 49.8 Å². The van der Waals surface area contributed by atoms with E-state index in [0.717, 1.165) is 19.1 Å². The van der Waals surface area contributed by atoms with Gasteiger partial charge in [0, 0.05) is 17.7 Å². The maximum atomic E-state index is 12.8. The molecule has 0 aliphatic heterocycles. The summed E-state index contributed by atoms with van der Waals surface area (Å²) in [5.74, 6) is 0.335. The molecule has 0 bridgehead atoms. The molecule has 5 nitrogen and oxygen atoms in total. The first-order valence-electron chi connectivity index (χ1n) is 6.48. The van der Waals surface area contributed by atoms with E-state index in [-0.39, 0.29) is 16.4 Å². The minimum absolute atomic E-state index is 0.0476. The molecular formula is C14H11ClINO4S. The molecule has 1 saturated carbocycles. The smallest absolute Gasteiger partial charge is 0.199 e. The number of ketones is 1. The summed E-state index contributed by atoms with van der Waals surface area (Å²) in [7, 11) is -3.60. The lowest BCUT2D eigenvalue weighted by Crippen LogP contribution is -2.12. The topological polar surface area (TPSA) is 77.2 Å². The zero-order valence-electron chi connectivity index (χ0n) is 11.5. The number of rotatable bonds is 4. The normalized spacial score (nSPS) is 15.0. The lowest BCUT2D eigenvalue weighted by molar-refractivity contribution is 0.103. The number of hydrogen-bond donors (Lipinski definition) is 0. The third kappa shape index (κ3) is 2.81. The number of sulfone groups is 1. The second-order valence-electron chi connectivity index (χ2n) is 5.22. The van der Waals surface area contributed by atoms with Crippen molar-refractivity contribution in [2.45, 2.75) is 23.7 Å². The fourth-order valence-corrected chi connectivity index (χ4v) is 5.16. The number of carbonyl (C=O) groups is 1. The Balaban J connectivity index is 2.18. The SMILES string of the molecule is CS(=O)(=O)c1c(C(=O)c2cnoc2C2CC2)ccc(Cl)c1I. The number of nitrogens with zero attached hydrogens (tertiary/aromatic N) is 1. The van der Waals surface area contributed by atoms with Gasteiger partial charge in [0.25, 0.3) is 0 Å². The Morgan fingerprint density at radius 2 is 2.05 bits per heavy atom. The Morgan fingerprint density at radius 1 is 1.36 bits per heavy atom. The Morgan fingerprint density at radius 3 is 2.64 bits per heavy atom. The first-order valence-corrected chi connectivity index (χ1v) is 9.83. The van der Waals surface area contributed by atoms with Gasteiger partial charge in [-0.15, -0.1) is 0 Å². The van der Waals surface area contributed by atoms with Gasteiger partial charge in [0.05, 0.1) is 25.2 Å². The zero-order chi connectivity index (χ0) is 16.1. The number of halogens is 2. The molecule has 0 unspecified atom stereocenters. The molecule has 3 rings (SSSR count). The quantitative estimate of drug-likeness (QED) is 0.526. The highest BCUT2D eigenvalue weighted by atomic mass is 127. The van der Waals surface area contributed by atoms with Crippen molar-refractivity contribution in [2.24, 2.45) is 0 Å². The lowest BCUT2D eigenvalue weighted by atomic mass is 10.0. The molecule has 0 saturated heterocycles. The summed E-state index contributed by atoms with van der Waals surface area (Å²) >= 11 is 7.84. The molecule has 116 valence electrons. The van der Waals surface area contributed by atoms with Crippen molar-refractivity contribution in [1.29, 1.82) is 0 Å². The molecule has 0 atom stereocenters. The summed E-state index contributed by atoms with van der Waals surface area (Å²) < 4.78 is 29.7. The van der Waals surface area contributed by atoms with Crippen LogP contribution in [0.1, 0.15) is 40.4 Å². The van der Waals surface area contributed by atoms with Crippen LogP contribution < -0.4 is 0 Å². The molecule has 1 fully saturated rings. The minimum Gasteiger partial charge on any atom is -0.360 e. The summed E-state index contributed by atoms with van der Waals surface area (Å²) in [6, 6.07) is 2.96. The van der Waals surface area contributed by atoms with Gasteiger partial charge >= 0.3 is 0 Å². The fraction of sp³-hybridized carbons (Fsp3) is 0.286. The van der Waals surface area contributed by atoms with E-state index >= 15 is 0 Å². The van der Waals surface area contributed by atoms with Crippen LogP contribution in [0.3, 0.4) is 0 Å². The average molecular weight is 452 g/mol. The van der Waals surface area contributed by atoms with Crippen LogP contribution >= 0.6 is 34.2 Å². The molecule has 1 aliphatic rings. The Labute approximate surface area is 146 Å². The molecule has 0 amide bonds. The van der Waals surface area contributed by atoms with E-state index in [9.17, 15) is 13.2 Å². The molecule has 22 heavy (non-hydrogen) atoms. The number of hydrogen-bond acceptors (Lipinski definition) is 5. The van der Waals surface area contributed by atoms with E-state index in [1.165, 1.54) is 18.3 Å². The summed E-state index contributed by atoms with van der Waals surface area (Å²) in [5, 5.41) is 3.99. The third-order valence-electron chi connectivity index (χ3n) is 3.46. The van der Waals surface area contributed by atoms with Crippen LogP contribution in [0.15, 0.2) is 27.7 Å². The van der Waals surface area contributed by atoms with Crippen molar-refractivity contribution in [2.75, 3.05) is 6.26 Å². The standard InChI is InChI=1S/C14H11ClINO4S/c1-22(19,20)14-8(4-5-10(15)11(14)16)12(18)9-6-17-21-13(9)7-2-3-7/h4-7H,2-3H2,1H3. The highest BCUT2D eigenvalue weighted by molar-refractivity contribution is 14.1. The Kier molecular flexibility index (Phi) is 4.07.